The van der Waals surface area contributed by atoms with E-state index < -0.39 is 6.61 Å². The number of hydrogen-bond acceptors (Lipinski definition) is 3. The van der Waals surface area contributed by atoms with Crippen LogP contribution in [-0.4, -0.2) is 22.4 Å². The zero-order valence-electron chi connectivity index (χ0n) is 10.8. The van der Waals surface area contributed by atoms with Crippen LogP contribution in [0.15, 0.2) is 36.5 Å². The highest BCUT2D eigenvalue weighted by Crippen LogP contribution is 2.19. The lowest BCUT2D eigenvalue weighted by molar-refractivity contribution is -0.0498. The van der Waals surface area contributed by atoms with E-state index in [0.717, 1.165) is 17.9 Å². The first-order valence-electron chi connectivity index (χ1n) is 6.54. The van der Waals surface area contributed by atoms with Crippen molar-refractivity contribution in [3.8, 4) is 11.4 Å². The van der Waals surface area contributed by atoms with E-state index >= 15 is 0 Å². The van der Waals surface area contributed by atoms with E-state index in [-0.39, 0.29) is 5.75 Å². The highest BCUT2D eigenvalue weighted by atomic mass is 19.3. The normalized spacial score (nSPS) is 14.8. The van der Waals surface area contributed by atoms with Gasteiger partial charge in [0.2, 0.25) is 0 Å². The Bertz CT molecular complexity index is 564. The average Bonchev–Trinajstić information content (AvgIpc) is 3.14. The lowest BCUT2D eigenvalue weighted by atomic mass is 10.3. The van der Waals surface area contributed by atoms with Gasteiger partial charge in [0.05, 0.1) is 11.4 Å². The van der Waals surface area contributed by atoms with E-state index in [4.69, 9.17) is 0 Å². The number of nitrogens with one attached hydrogen (secondary N) is 1. The molecule has 6 heteroatoms. The number of aromatic nitrogens is 2. The average molecular weight is 279 g/mol. The molecule has 2 aromatic rings. The second kappa shape index (κ2) is 5.58. The number of nitrogens with zero attached hydrogens (tertiary/aromatic N) is 2. The van der Waals surface area contributed by atoms with Crippen molar-refractivity contribution < 1.29 is 13.5 Å². The van der Waals surface area contributed by atoms with Gasteiger partial charge in [-0.25, -0.2) is 4.68 Å². The van der Waals surface area contributed by atoms with Gasteiger partial charge in [0, 0.05) is 18.8 Å². The molecule has 0 aliphatic heterocycles. The van der Waals surface area contributed by atoms with Crippen molar-refractivity contribution in [2.24, 2.45) is 0 Å². The van der Waals surface area contributed by atoms with Crippen LogP contribution in [0.5, 0.6) is 5.75 Å². The lowest BCUT2D eigenvalue weighted by Crippen LogP contribution is -2.15. The van der Waals surface area contributed by atoms with Gasteiger partial charge in [0.25, 0.3) is 0 Å². The van der Waals surface area contributed by atoms with Crippen LogP contribution in [0.4, 0.5) is 8.78 Å². The molecule has 1 aromatic heterocycles. The standard InChI is InChI=1S/C14H15F2N3O/c15-14(16)20-13-5-3-12(4-6-13)19-8-7-11(18-19)9-17-10-1-2-10/h3-8,10,14,17H,1-2,9H2. The van der Waals surface area contributed by atoms with E-state index in [9.17, 15) is 8.78 Å². The molecule has 0 unspecified atom stereocenters. The van der Waals surface area contributed by atoms with E-state index in [1.807, 2.05) is 12.3 Å². The van der Waals surface area contributed by atoms with Gasteiger partial charge in [0.1, 0.15) is 5.75 Å². The first-order chi connectivity index (χ1) is 9.70. The van der Waals surface area contributed by atoms with Crippen LogP contribution < -0.4 is 10.1 Å². The predicted octanol–water partition coefficient (Wildman–Crippen LogP) is 2.73. The van der Waals surface area contributed by atoms with Crippen LogP contribution in [0.2, 0.25) is 0 Å². The summed E-state index contributed by atoms with van der Waals surface area (Å²) in [7, 11) is 0. The highest BCUT2D eigenvalue weighted by Gasteiger charge is 2.20. The van der Waals surface area contributed by atoms with Crippen molar-refractivity contribution in [3.63, 3.8) is 0 Å². The Morgan fingerprint density at radius 1 is 1.25 bits per heavy atom. The molecule has 0 radical (unpaired) electrons. The predicted molar refractivity (Wildman–Crippen MR) is 70.1 cm³/mol. The molecule has 4 nitrogen and oxygen atoms in total. The summed E-state index contributed by atoms with van der Waals surface area (Å²) in [6.45, 7) is -2.05. The van der Waals surface area contributed by atoms with E-state index in [2.05, 4.69) is 15.2 Å². The Kier molecular flexibility index (Phi) is 3.64. The van der Waals surface area contributed by atoms with Gasteiger partial charge in [-0.2, -0.15) is 13.9 Å². The fourth-order valence-corrected chi connectivity index (χ4v) is 1.92. The zero-order valence-corrected chi connectivity index (χ0v) is 10.8. The summed E-state index contributed by atoms with van der Waals surface area (Å²) in [5, 5.41) is 7.83. The number of benzene rings is 1. The molecule has 1 aliphatic rings. The smallest absolute Gasteiger partial charge is 0.387 e. The number of ether oxygens (including phenoxy) is 1. The molecule has 1 fully saturated rings. The Labute approximate surface area is 115 Å². The van der Waals surface area contributed by atoms with Gasteiger partial charge in [-0.3, -0.25) is 0 Å². The van der Waals surface area contributed by atoms with Crippen molar-refractivity contribution in [2.75, 3.05) is 0 Å². The molecule has 1 aromatic carbocycles. The van der Waals surface area contributed by atoms with Crippen molar-refractivity contribution in [1.29, 1.82) is 0 Å². The monoisotopic (exact) mass is 279 g/mol. The maximum atomic E-state index is 12.1. The van der Waals surface area contributed by atoms with E-state index in [0.29, 0.717) is 6.04 Å². The Hall–Kier alpha value is -1.95. The van der Waals surface area contributed by atoms with Crippen molar-refractivity contribution in [2.45, 2.75) is 32.0 Å². The Morgan fingerprint density at radius 3 is 2.65 bits per heavy atom. The van der Waals surface area contributed by atoms with E-state index in [1.54, 1.807) is 16.8 Å². The van der Waals surface area contributed by atoms with Crippen LogP contribution in [0.3, 0.4) is 0 Å². The zero-order chi connectivity index (χ0) is 13.9. The minimum atomic E-state index is -2.80. The molecule has 1 heterocycles. The molecule has 0 bridgehead atoms. The van der Waals surface area contributed by atoms with Crippen molar-refractivity contribution >= 4 is 0 Å². The van der Waals surface area contributed by atoms with Crippen LogP contribution in [0.25, 0.3) is 5.69 Å². The first kappa shape index (κ1) is 13.1. The van der Waals surface area contributed by atoms with Gasteiger partial charge < -0.3 is 10.1 Å². The van der Waals surface area contributed by atoms with Gasteiger partial charge in [0.15, 0.2) is 0 Å². The summed E-state index contributed by atoms with van der Waals surface area (Å²) >= 11 is 0. The topological polar surface area (TPSA) is 39.1 Å². The fourth-order valence-electron chi connectivity index (χ4n) is 1.92. The third-order valence-corrected chi connectivity index (χ3v) is 3.12. The maximum Gasteiger partial charge on any atom is 0.387 e. The molecular formula is C14H15F2N3O. The quantitative estimate of drug-likeness (QED) is 0.883. The van der Waals surface area contributed by atoms with Crippen LogP contribution >= 0.6 is 0 Å². The summed E-state index contributed by atoms with van der Waals surface area (Å²) in [6.07, 6.45) is 4.34. The summed E-state index contributed by atoms with van der Waals surface area (Å²) in [5.41, 5.74) is 1.77. The van der Waals surface area contributed by atoms with Gasteiger partial charge in [-0.05, 0) is 43.2 Å². The molecule has 0 saturated heterocycles. The minimum Gasteiger partial charge on any atom is -0.435 e. The molecule has 1 saturated carbocycles. The minimum absolute atomic E-state index is 0.145. The largest absolute Gasteiger partial charge is 0.435 e. The number of alkyl halides is 2. The highest BCUT2D eigenvalue weighted by molar-refractivity contribution is 5.36. The van der Waals surface area contributed by atoms with Crippen LogP contribution in [0, 0.1) is 0 Å². The molecule has 1 N–H and O–H groups in total. The summed E-state index contributed by atoms with van der Waals surface area (Å²) in [6, 6.07) is 8.99. The second-order valence-corrected chi connectivity index (χ2v) is 4.78. The second-order valence-electron chi connectivity index (χ2n) is 4.78. The lowest BCUT2D eigenvalue weighted by Gasteiger charge is -2.06. The molecule has 106 valence electrons. The molecular weight excluding hydrogens is 264 g/mol. The van der Waals surface area contributed by atoms with Gasteiger partial charge in [-0.1, -0.05) is 0 Å². The van der Waals surface area contributed by atoms with Crippen molar-refractivity contribution in [1.82, 2.24) is 15.1 Å². The fraction of sp³-hybridized carbons (Fsp3) is 0.357. The molecule has 0 spiro atoms. The molecule has 3 rings (SSSR count). The molecule has 20 heavy (non-hydrogen) atoms. The Morgan fingerprint density at radius 2 is 2.00 bits per heavy atom. The molecule has 1 aliphatic carbocycles. The SMILES string of the molecule is FC(F)Oc1ccc(-n2ccc(CNC3CC3)n2)cc1. The first-order valence-corrected chi connectivity index (χ1v) is 6.54. The summed E-state index contributed by atoms with van der Waals surface area (Å²) in [5.74, 6) is 0.145. The van der Waals surface area contributed by atoms with Crippen molar-refractivity contribution in [3.05, 3.63) is 42.2 Å². The van der Waals surface area contributed by atoms with Gasteiger partial charge in [-0.15, -0.1) is 0 Å². The summed E-state index contributed by atoms with van der Waals surface area (Å²) < 4.78 is 30.1. The van der Waals surface area contributed by atoms with Gasteiger partial charge >= 0.3 is 6.61 Å². The van der Waals surface area contributed by atoms with Crippen LogP contribution in [0.1, 0.15) is 18.5 Å². The molecule has 0 atom stereocenters. The van der Waals surface area contributed by atoms with E-state index in [1.165, 1.54) is 25.0 Å². The summed E-state index contributed by atoms with van der Waals surface area (Å²) in [4.78, 5) is 0. The number of halogens is 2. The number of rotatable bonds is 6. The maximum absolute atomic E-state index is 12.1. The molecule has 0 amide bonds. The van der Waals surface area contributed by atoms with Crippen LogP contribution in [-0.2, 0) is 6.54 Å². The number of hydrogen-bond donors (Lipinski definition) is 1. The third kappa shape index (κ3) is 3.33. The third-order valence-electron chi connectivity index (χ3n) is 3.12. The Balaban J connectivity index is 1.65.